The van der Waals surface area contributed by atoms with Gasteiger partial charge >= 0.3 is 6.18 Å². The summed E-state index contributed by atoms with van der Waals surface area (Å²) in [6.45, 7) is 4.12. The molecule has 1 fully saturated rings. The molecule has 0 aromatic heterocycles. The normalized spacial score (nSPS) is 17.8. The molecule has 2 nitrogen and oxygen atoms in total. The molecule has 1 aromatic carbocycles. The van der Waals surface area contributed by atoms with Crippen molar-refractivity contribution >= 4 is 0 Å². The highest BCUT2D eigenvalue weighted by atomic mass is 19.4. The fourth-order valence-corrected chi connectivity index (χ4v) is 2.65. The molecule has 0 radical (unpaired) electrons. The van der Waals surface area contributed by atoms with Crippen LogP contribution in [0.15, 0.2) is 24.3 Å². The van der Waals surface area contributed by atoms with E-state index in [9.17, 15) is 18.3 Å². The van der Waals surface area contributed by atoms with Gasteiger partial charge in [-0.25, -0.2) is 0 Å². The van der Waals surface area contributed by atoms with Gasteiger partial charge in [0.2, 0.25) is 0 Å². The second-order valence-electron chi connectivity index (χ2n) is 5.79. The zero-order valence-electron chi connectivity index (χ0n) is 12.2. The van der Waals surface area contributed by atoms with Gasteiger partial charge in [-0.05, 0) is 43.0 Å². The number of alkyl halides is 3. The first-order chi connectivity index (χ1) is 9.90. The first-order valence-corrected chi connectivity index (χ1v) is 7.47. The lowest BCUT2D eigenvalue weighted by Crippen LogP contribution is -2.35. The summed E-state index contributed by atoms with van der Waals surface area (Å²) >= 11 is 0. The van der Waals surface area contributed by atoms with Crippen LogP contribution in [0, 0.1) is 5.92 Å². The highest BCUT2D eigenvalue weighted by Crippen LogP contribution is 2.31. The number of rotatable bonds is 6. The Kier molecular flexibility index (Phi) is 5.27. The predicted octanol–water partition coefficient (Wildman–Crippen LogP) is 3.86. The molecule has 118 valence electrons. The minimum Gasteiger partial charge on any atom is -0.387 e. The second-order valence-corrected chi connectivity index (χ2v) is 5.79. The molecule has 0 aliphatic heterocycles. The number of halogens is 3. The van der Waals surface area contributed by atoms with Crippen LogP contribution in [0.5, 0.6) is 0 Å². The zero-order chi connectivity index (χ0) is 15.5. The summed E-state index contributed by atoms with van der Waals surface area (Å²) in [4.78, 5) is 2.12. The van der Waals surface area contributed by atoms with Crippen LogP contribution in [-0.4, -0.2) is 29.6 Å². The van der Waals surface area contributed by atoms with Gasteiger partial charge in [-0.1, -0.05) is 25.5 Å². The van der Waals surface area contributed by atoms with E-state index < -0.39 is 17.8 Å². The van der Waals surface area contributed by atoms with E-state index in [0.29, 0.717) is 18.0 Å². The molecule has 2 rings (SSSR count). The summed E-state index contributed by atoms with van der Waals surface area (Å²) in [6.07, 6.45) is -1.55. The Bertz CT molecular complexity index is 457. The Balaban J connectivity index is 1.99. The molecule has 0 amide bonds. The third-order valence-corrected chi connectivity index (χ3v) is 4.22. The molecule has 1 N–H and O–H groups in total. The average molecular weight is 301 g/mol. The molecule has 1 aliphatic rings. The van der Waals surface area contributed by atoms with E-state index in [2.05, 4.69) is 4.90 Å². The zero-order valence-corrected chi connectivity index (χ0v) is 12.2. The highest BCUT2D eigenvalue weighted by molar-refractivity contribution is 5.27. The van der Waals surface area contributed by atoms with Gasteiger partial charge in [0.05, 0.1) is 11.7 Å². The van der Waals surface area contributed by atoms with Gasteiger partial charge in [0, 0.05) is 13.1 Å². The Labute approximate surface area is 123 Å². The summed E-state index contributed by atoms with van der Waals surface area (Å²) in [5.74, 6) is 0.679. The second kappa shape index (κ2) is 6.79. The van der Waals surface area contributed by atoms with Gasteiger partial charge in [0.15, 0.2) is 0 Å². The average Bonchev–Trinajstić information content (AvgIpc) is 2.40. The summed E-state index contributed by atoms with van der Waals surface area (Å²) in [7, 11) is 0. The van der Waals surface area contributed by atoms with E-state index in [0.717, 1.165) is 25.2 Å². The van der Waals surface area contributed by atoms with E-state index in [1.54, 1.807) is 6.07 Å². The van der Waals surface area contributed by atoms with Crippen molar-refractivity contribution in [3.8, 4) is 0 Å². The van der Waals surface area contributed by atoms with Crippen molar-refractivity contribution in [2.75, 3.05) is 19.6 Å². The summed E-state index contributed by atoms with van der Waals surface area (Å²) in [5, 5.41) is 10.2. The number of nitrogens with zero attached hydrogens (tertiary/aromatic N) is 1. The van der Waals surface area contributed by atoms with Crippen LogP contribution in [0.25, 0.3) is 0 Å². The maximum absolute atomic E-state index is 12.7. The fraction of sp³-hybridized carbons (Fsp3) is 0.625. The van der Waals surface area contributed by atoms with Crippen LogP contribution in [0.4, 0.5) is 13.2 Å². The number of hydrogen-bond acceptors (Lipinski definition) is 2. The number of likely N-dealkylation sites (N-methyl/N-ethyl adjacent to an activating group) is 1. The van der Waals surface area contributed by atoms with Crippen molar-refractivity contribution in [3.05, 3.63) is 35.4 Å². The van der Waals surface area contributed by atoms with E-state index in [1.165, 1.54) is 25.3 Å². The van der Waals surface area contributed by atoms with Crippen LogP contribution in [-0.2, 0) is 6.18 Å². The smallest absolute Gasteiger partial charge is 0.387 e. The maximum atomic E-state index is 12.7. The molecule has 1 saturated carbocycles. The fourth-order valence-electron chi connectivity index (χ4n) is 2.65. The van der Waals surface area contributed by atoms with Gasteiger partial charge in [-0.2, -0.15) is 13.2 Å². The van der Waals surface area contributed by atoms with Crippen molar-refractivity contribution in [2.24, 2.45) is 5.92 Å². The van der Waals surface area contributed by atoms with Crippen molar-refractivity contribution < 1.29 is 18.3 Å². The summed E-state index contributed by atoms with van der Waals surface area (Å²) in [5.41, 5.74) is -0.377. The SMILES string of the molecule is CCN(CC1CCC1)CC(O)c1cccc(C(F)(F)F)c1. The molecule has 1 aromatic rings. The Morgan fingerprint density at radius 1 is 1.33 bits per heavy atom. The molecule has 0 bridgehead atoms. The van der Waals surface area contributed by atoms with Crippen molar-refractivity contribution in [1.82, 2.24) is 4.90 Å². The van der Waals surface area contributed by atoms with Crippen molar-refractivity contribution in [1.29, 1.82) is 0 Å². The number of hydrogen-bond donors (Lipinski definition) is 1. The molecule has 5 heteroatoms. The molecule has 0 spiro atoms. The van der Waals surface area contributed by atoms with Crippen LogP contribution in [0.1, 0.15) is 43.4 Å². The minimum atomic E-state index is -4.37. The van der Waals surface area contributed by atoms with Gasteiger partial charge in [0.25, 0.3) is 0 Å². The summed E-state index contributed by atoms with van der Waals surface area (Å²) in [6, 6.07) is 4.98. The lowest BCUT2D eigenvalue weighted by atomic mass is 9.85. The molecule has 1 aliphatic carbocycles. The van der Waals surface area contributed by atoms with Crippen LogP contribution in [0.2, 0.25) is 0 Å². The van der Waals surface area contributed by atoms with Crippen molar-refractivity contribution in [3.63, 3.8) is 0 Å². The predicted molar refractivity (Wildman–Crippen MR) is 75.9 cm³/mol. The molecule has 1 unspecified atom stereocenters. The van der Waals surface area contributed by atoms with E-state index in [4.69, 9.17) is 0 Å². The third kappa shape index (κ3) is 4.45. The monoisotopic (exact) mass is 301 g/mol. The molecule has 0 saturated heterocycles. The summed E-state index contributed by atoms with van der Waals surface area (Å²) < 4.78 is 38.1. The first-order valence-electron chi connectivity index (χ1n) is 7.47. The van der Waals surface area contributed by atoms with E-state index in [-0.39, 0.29) is 0 Å². The quantitative estimate of drug-likeness (QED) is 0.862. The minimum absolute atomic E-state index is 0.330. The molecular weight excluding hydrogens is 279 g/mol. The first kappa shape index (κ1) is 16.3. The van der Waals surface area contributed by atoms with Crippen LogP contribution in [0.3, 0.4) is 0 Å². The van der Waals surface area contributed by atoms with Crippen LogP contribution >= 0.6 is 0 Å². The lowest BCUT2D eigenvalue weighted by Gasteiger charge is -2.32. The molecule has 21 heavy (non-hydrogen) atoms. The van der Waals surface area contributed by atoms with Gasteiger partial charge in [-0.3, -0.25) is 0 Å². The lowest BCUT2D eigenvalue weighted by molar-refractivity contribution is -0.137. The Morgan fingerprint density at radius 2 is 2.05 bits per heavy atom. The van der Waals surface area contributed by atoms with Gasteiger partial charge in [-0.15, -0.1) is 0 Å². The number of aliphatic hydroxyl groups is 1. The van der Waals surface area contributed by atoms with E-state index >= 15 is 0 Å². The van der Waals surface area contributed by atoms with E-state index in [1.807, 2.05) is 6.92 Å². The number of benzene rings is 1. The molecule has 1 atom stereocenters. The van der Waals surface area contributed by atoms with Gasteiger partial charge in [0.1, 0.15) is 0 Å². The number of aliphatic hydroxyl groups excluding tert-OH is 1. The highest BCUT2D eigenvalue weighted by Gasteiger charge is 2.31. The van der Waals surface area contributed by atoms with Crippen LogP contribution < -0.4 is 0 Å². The maximum Gasteiger partial charge on any atom is 0.416 e. The van der Waals surface area contributed by atoms with Gasteiger partial charge < -0.3 is 10.0 Å². The largest absolute Gasteiger partial charge is 0.416 e. The molecular formula is C16H22F3NO. The standard InChI is InChI=1S/C16H22F3NO/c1-2-20(10-12-5-3-6-12)11-15(21)13-7-4-8-14(9-13)16(17,18)19/h4,7-9,12,15,21H,2-3,5-6,10-11H2,1H3. The molecule has 0 heterocycles. The topological polar surface area (TPSA) is 23.5 Å². The Morgan fingerprint density at radius 3 is 2.57 bits per heavy atom. The third-order valence-electron chi connectivity index (χ3n) is 4.22. The Hall–Kier alpha value is -1.07. The van der Waals surface area contributed by atoms with Crippen molar-refractivity contribution in [2.45, 2.75) is 38.5 Å².